The lowest BCUT2D eigenvalue weighted by Gasteiger charge is -2.16. The molecule has 8 aromatic rings. The summed E-state index contributed by atoms with van der Waals surface area (Å²) < 4.78 is 0. The lowest BCUT2D eigenvalue weighted by Crippen LogP contribution is -1.93. The van der Waals surface area contributed by atoms with E-state index in [2.05, 4.69) is 126 Å². The fourth-order valence-corrected chi connectivity index (χ4v) is 6.05. The zero-order valence-corrected chi connectivity index (χ0v) is 21.8. The number of nitrogens with zero attached hydrogens (tertiary/aromatic N) is 2. The smallest absolute Gasteiger partial charge is 0.0794 e. The summed E-state index contributed by atoms with van der Waals surface area (Å²) in [7, 11) is 0. The standard InChI is InChI=1S/C38H24N2/c1-3-14-31-29(12-1)30-13-2-4-15-32(30)37-36(31)33-16-5-6-18-35(33)40-38(37)26-21-19-25(20-22-26)27-10-9-11-28(24-27)34-17-7-8-23-39-34/h1-24H. The molecule has 0 aliphatic carbocycles. The lowest BCUT2D eigenvalue weighted by molar-refractivity contribution is 1.33. The molecule has 0 unspecified atom stereocenters. The Morgan fingerprint density at radius 3 is 1.70 bits per heavy atom. The molecule has 0 spiro atoms. The monoisotopic (exact) mass is 508 g/mol. The highest BCUT2D eigenvalue weighted by molar-refractivity contribution is 6.33. The number of benzene rings is 6. The van der Waals surface area contributed by atoms with Gasteiger partial charge in [0.1, 0.15) is 0 Å². The molecule has 0 aliphatic heterocycles. The molecule has 0 fully saturated rings. The minimum atomic E-state index is 0.979. The first kappa shape index (κ1) is 22.6. The van der Waals surface area contributed by atoms with Crippen molar-refractivity contribution in [3.63, 3.8) is 0 Å². The van der Waals surface area contributed by atoms with Crippen molar-refractivity contribution in [2.75, 3.05) is 0 Å². The van der Waals surface area contributed by atoms with Crippen molar-refractivity contribution in [3.05, 3.63) is 146 Å². The van der Waals surface area contributed by atoms with E-state index in [4.69, 9.17) is 4.98 Å². The van der Waals surface area contributed by atoms with Gasteiger partial charge in [0.15, 0.2) is 0 Å². The van der Waals surface area contributed by atoms with Crippen LogP contribution in [-0.2, 0) is 0 Å². The average Bonchev–Trinajstić information content (AvgIpc) is 3.05. The van der Waals surface area contributed by atoms with Gasteiger partial charge in [0, 0.05) is 33.5 Å². The van der Waals surface area contributed by atoms with E-state index in [1.54, 1.807) is 0 Å². The molecule has 0 bridgehead atoms. The Morgan fingerprint density at radius 2 is 0.975 bits per heavy atom. The predicted octanol–water partition coefficient (Wildman–Crippen LogP) is 10.1. The number of aromatic nitrogens is 2. The van der Waals surface area contributed by atoms with Crippen molar-refractivity contribution in [2.45, 2.75) is 0 Å². The summed E-state index contributed by atoms with van der Waals surface area (Å²) in [6, 6.07) is 49.4. The molecule has 2 aromatic heterocycles. The van der Waals surface area contributed by atoms with Gasteiger partial charge >= 0.3 is 0 Å². The van der Waals surface area contributed by atoms with Crippen molar-refractivity contribution >= 4 is 43.2 Å². The van der Waals surface area contributed by atoms with E-state index in [0.29, 0.717) is 0 Å². The zero-order valence-electron chi connectivity index (χ0n) is 21.8. The maximum absolute atomic E-state index is 5.28. The van der Waals surface area contributed by atoms with Gasteiger partial charge in [-0.3, -0.25) is 4.98 Å². The Bertz CT molecular complexity index is 2200. The van der Waals surface area contributed by atoms with Crippen LogP contribution in [0.5, 0.6) is 0 Å². The molecule has 0 aliphatic rings. The zero-order chi connectivity index (χ0) is 26.5. The summed E-state index contributed by atoms with van der Waals surface area (Å²) in [5.74, 6) is 0. The van der Waals surface area contributed by atoms with Crippen molar-refractivity contribution in [1.82, 2.24) is 9.97 Å². The fraction of sp³-hybridized carbons (Fsp3) is 0. The molecule has 2 nitrogen and oxygen atoms in total. The van der Waals surface area contributed by atoms with E-state index in [9.17, 15) is 0 Å². The summed E-state index contributed by atoms with van der Waals surface area (Å²) in [6.45, 7) is 0. The number of pyridine rings is 2. The van der Waals surface area contributed by atoms with Gasteiger partial charge in [0.2, 0.25) is 0 Å². The molecule has 0 amide bonds. The second-order valence-corrected chi connectivity index (χ2v) is 10.2. The van der Waals surface area contributed by atoms with Crippen LogP contribution in [0.3, 0.4) is 0 Å². The maximum Gasteiger partial charge on any atom is 0.0794 e. The number of para-hydroxylation sites is 1. The molecule has 2 heteroatoms. The van der Waals surface area contributed by atoms with Gasteiger partial charge in [-0.05, 0) is 56.9 Å². The molecule has 186 valence electrons. The molecule has 0 N–H and O–H groups in total. The molecule has 40 heavy (non-hydrogen) atoms. The van der Waals surface area contributed by atoms with E-state index in [0.717, 1.165) is 28.0 Å². The van der Waals surface area contributed by atoms with Crippen LogP contribution in [0.2, 0.25) is 0 Å². The Labute approximate surface area is 232 Å². The summed E-state index contributed by atoms with van der Waals surface area (Å²) in [5.41, 5.74) is 7.57. The van der Waals surface area contributed by atoms with Crippen LogP contribution in [0.15, 0.2) is 146 Å². The number of rotatable bonds is 3. The van der Waals surface area contributed by atoms with E-state index >= 15 is 0 Å². The summed E-state index contributed by atoms with van der Waals surface area (Å²) in [6.07, 6.45) is 1.84. The first-order valence-corrected chi connectivity index (χ1v) is 13.6. The largest absolute Gasteiger partial charge is 0.256 e. The molecule has 0 saturated heterocycles. The summed E-state index contributed by atoms with van der Waals surface area (Å²) in [5, 5.41) is 8.68. The van der Waals surface area contributed by atoms with Gasteiger partial charge in [-0.25, -0.2) is 4.98 Å². The molecule has 2 heterocycles. The Kier molecular flexibility index (Phi) is 5.17. The number of hydrogen-bond donors (Lipinski definition) is 0. The SMILES string of the molecule is c1ccc(-c2cccc(-c3ccc(-c4nc5ccccc5c5c6ccccc6c6ccccc6c45)cc3)c2)nc1. The van der Waals surface area contributed by atoms with Crippen LogP contribution in [0.25, 0.3) is 76.9 Å². The minimum absolute atomic E-state index is 0.979. The van der Waals surface area contributed by atoms with Crippen LogP contribution in [0, 0.1) is 0 Å². The van der Waals surface area contributed by atoms with Crippen LogP contribution in [0.1, 0.15) is 0 Å². The normalized spacial score (nSPS) is 11.5. The van der Waals surface area contributed by atoms with Crippen molar-refractivity contribution in [3.8, 4) is 33.6 Å². The van der Waals surface area contributed by atoms with Crippen LogP contribution >= 0.6 is 0 Å². The molecule has 8 rings (SSSR count). The fourth-order valence-electron chi connectivity index (χ4n) is 6.05. The third-order valence-corrected chi connectivity index (χ3v) is 7.89. The van der Waals surface area contributed by atoms with E-state index in [-0.39, 0.29) is 0 Å². The second-order valence-electron chi connectivity index (χ2n) is 10.2. The first-order valence-electron chi connectivity index (χ1n) is 13.6. The third-order valence-electron chi connectivity index (χ3n) is 7.89. The highest BCUT2D eigenvalue weighted by Crippen LogP contribution is 2.42. The molecule has 0 radical (unpaired) electrons. The average molecular weight is 509 g/mol. The minimum Gasteiger partial charge on any atom is -0.256 e. The van der Waals surface area contributed by atoms with Crippen molar-refractivity contribution in [1.29, 1.82) is 0 Å². The predicted molar refractivity (Wildman–Crippen MR) is 168 cm³/mol. The number of hydrogen-bond acceptors (Lipinski definition) is 2. The first-order chi connectivity index (χ1) is 19.8. The van der Waals surface area contributed by atoms with Crippen LogP contribution in [-0.4, -0.2) is 9.97 Å². The molecule has 0 atom stereocenters. The van der Waals surface area contributed by atoms with Gasteiger partial charge in [-0.2, -0.15) is 0 Å². The number of fused-ring (bicyclic) bond motifs is 8. The van der Waals surface area contributed by atoms with Gasteiger partial charge in [-0.1, -0.05) is 115 Å². The highest BCUT2D eigenvalue weighted by Gasteiger charge is 2.17. The van der Waals surface area contributed by atoms with E-state index in [1.807, 2.05) is 24.4 Å². The van der Waals surface area contributed by atoms with Gasteiger partial charge in [0.05, 0.1) is 16.9 Å². The topological polar surface area (TPSA) is 25.8 Å². The summed E-state index contributed by atoms with van der Waals surface area (Å²) >= 11 is 0. The quantitative estimate of drug-likeness (QED) is 0.222. The van der Waals surface area contributed by atoms with Crippen molar-refractivity contribution in [2.24, 2.45) is 0 Å². The van der Waals surface area contributed by atoms with Crippen molar-refractivity contribution < 1.29 is 0 Å². The maximum atomic E-state index is 5.28. The van der Waals surface area contributed by atoms with Crippen LogP contribution in [0.4, 0.5) is 0 Å². The molecule has 0 saturated carbocycles. The van der Waals surface area contributed by atoms with Crippen LogP contribution < -0.4 is 0 Å². The lowest BCUT2D eigenvalue weighted by atomic mass is 9.89. The Morgan fingerprint density at radius 1 is 0.375 bits per heavy atom. The Balaban J connectivity index is 1.36. The van der Waals surface area contributed by atoms with E-state index in [1.165, 1.54) is 48.8 Å². The molecular formula is C38H24N2. The molecular weight excluding hydrogens is 484 g/mol. The van der Waals surface area contributed by atoms with Gasteiger partial charge < -0.3 is 0 Å². The highest BCUT2D eigenvalue weighted by atomic mass is 14.7. The van der Waals surface area contributed by atoms with Gasteiger partial charge in [0.25, 0.3) is 0 Å². The van der Waals surface area contributed by atoms with Gasteiger partial charge in [-0.15, -0.1) is 0 Å². The Hall–Kier alpha value is -5.34. The van der Waals surface area contributed by atoms with E-state index < -0.39 is 0 Å². The third kappa shape index (κ3) is 3.58. The summed E-state index contributed by atoms with van der Waals surface area (Å²) in [4.78, 5) is 9.81. The molecule has 6 aromatic carbocycles. The second kappa shape index (κ2) is 9.14.